The molecule has 0 radical (unpaired) electrons. The van der Waals surface area contributed by atoms with Crippen molar-refractivity contribution in [3.63, 3.8) is 0 Å². The number of likely N-dealkylation sites (N-methyl/N-ethyl adjacent to an activating group) is 1. The smallest absolute Gasteiger partial charge is 0.238 e. The Morgan fingerprint density at radius 2 is 2.11 bits per heavy atom. The van der Waals surface area contributed by atoms with Gasteiger partial charge in [-0.15, -0.1) is 0 Å². The average molecular weight is 249 g/mol. The Morgan fingerprint density at radius 1 is 1.44 bits per heavy atom. The summed E-state index contributed by atoms with van der Waals surface area (Å²) in [4.78, 5) is 13.9. The fourth-order valence-electron chi connectivity index (χ4n) is 1.91. The van der Waals surface area contributed by atoms with Crippen LogP contribution >= 0.6 is 0 Å². The highest BCUT2D eigenvalue weighted by atomic mass is 16.2. The molecule has 18 heavy (non-hydrogen) atoms. The molecule has 0 saturated carbocycles. The number of nitrogen functional groups attached to an aromatic ring is 1. The predicted molar refractivity (Wildman–Crippen MR) is 76.6 cm³/mol. The lowest BCUT2D eigenvalue weighted by Crippen LogP contribution is -2.32. The summed E-state index contributed by atoms with van der Waals surface area (Å²) < 4.78 is 0. The Bertz CT molecular complexity index is 416. The Hall–Kier alpha value is -1.55. The molecule has 0 bridgehead atoms. The first kappa shape index (κ1) is 14.5. The lowest BCUT2D eigenvalue weighted by atomic mass is 10.1. The molecule has 0 atom stereocenters. The number of hydrogen-bond donors (Lipinski definition) is 2. The number of carbonyl (C=O) groups excluding carboxylic acids is 1. The molecule has 0 fully saturated rings. The maximum absolute atomic E-state index is 11.9. The SMILES string of the molecule is Cc1c(N)cccc1NC(=O)CN(C)CC(C)C. The molecule has 0 aliphatic rings. The van der Waals surface area contributed by atoms with Crippen molar-refractivity contribution in [1.29, 1.82) is 0 Å². The predicted octanol–water partition coefficient (Wildman–Crippen LogP) is 2.10. The number of carbonyl (C=O) groups is 1. The Morgan fingerprint density at radius 3 is 2.72 bits per heavy atom. The van der Waals surface area contributed by atoms with Crippen LogP contribution in [0.5, 0.6) is 0 Å². The van der Waals surface area contributed by atoms with Gasteiger partial charge in [0.2, 0.25) is 5.91 Å². The quantitative estimate of drug-likeness (QED) is 0.786. The van der Waals surface area contributed by atoms with Crippen LogP contribution in [-0.4, -0.2) is 30.9 Å². The zero-order chi connectivity index (χ0) is 13.7. The minimum Gasteiger partial charge on any atom is -0.398 e. The van der Waals surface area contributed by atoms with E-state index in [0.29, 0.717) is 18.2 Å². The Labute approximate surface area is 109 Å². The van der Waals surface area contributed by atoms with E-state index in [-0.39, 0.29) is 5.91 Å². The van der Waals surface area contributed by atoms with Crippen LogP contribution in [0, 0.1) is 12.8 Å². The Balaban J connectivity index is 2.57. The molecule has 0 spiro atoms. The number of nitrogens with one attached hydrogen (secondary N) is 1. The van der Waals surface area contributed by atoms with Crippen LogP contribution in [0.2, 0.25) is 0 Å². The van der Waals surface area contributed by atoms with E-state index < -0.39 is 0 Å². The zero-order valence-corrected chi connectivity index (χ0v) is 11.7. The highest BCUT2D eigenvalue weighted by Crippen LogP contribution is 2.20. The third-order valence-corrected chi connectivity index (χ3v) is 2.74. The van der Waals surface area contributed by atoms with Gasteiger partial charge in [-0.1, -0.05) is 19.9 Å². The number of amides is 1. The summed E-state index contributed by atoms with van der Waals surface area (Å²) in [6, 6.07) is 5.54. The lowest BCUT2D eigenvalue weighted by Gasteiger charge is -2.18. The maximum atomic E-state index is 11.9. The van der Waals surface area contributed by atoms with Crippen LogP contribution in [0.15, 0.2) is 18.2 Å². The molecule has 0 aliphatic heterocycles. The van der Waals surface area contributed by atoms with Crippen LogP contribution in [0.25, 0.3) is 0 Å². The highest BCUT2D eigenvalue weighted by molar-refractivity contribution is 5.93. The van der Waals surface area contributed by atoms with Crippen molar-refractivity contribution in [2.45, 2.75) is 20.8 Å². The van der Waals surface area contributed by atoms with Gasteiger partial charge in [0.05, 0.1) is 6.54 Å². The number of nitrogens with zero attached hydrogens (tertiary/aromatic N) is 1. The first-order valence-electron chi connectivity index (χ1n) is 6.23. The summed E-state index contributed by atoms with van der Waals surface area (Å²) in [5.74, 6) is 0.545. The van der Waals surface area contributed by atoms with E-state index in [0.717, 1.165) is 17.8 Å². The molecule has 1 aromatic carbocycles. The molecule has 0 unspecified atom stereocenters. The second-order valence-corrected chi connectivity index (χ2v) is 5.16. The first-order valence-corrected chi connectivity index (χ1v) is 6.23. The lowest BCUT2D eigenvalue weighted by molar-refractivity contribution is -0.117. The van der Waals surface area contributed by atoms with E-state index >= 15 is 0 Å². The number of anilines is 2. The molecule has 3 N–H and O–H groups in total. The largest absolute Gasteiger partial charge is 0.398 e. The summed E-state index contributed by atoms with van der Waals surface area (Å²) >= 11 is 0. The molecule has 0 aliphatic carbocycles. The molecule has 0 heterocycles. The molecular formula is C14H23N3O. The van der Waals surface area contributed by atoms with Crippen molar-refractivity contribution < 1.29 is 4.79 Å². The summed E-state index contributed by atoms with van der Waals surface area (Å²) in [6.45, 7) is 7.48. The van der Waals surface area contributed by atoms with Crippen molar-refractivity contribution in [3.8, 4) is 0 Å². The van der Waals surface area contributed by atoms with Gasteiger partial charge in [-0.25, -0.2) is 0 Å². The second kappa shape index (κ2) is 6.40. The average Bonchev–Trinajstić information content (AvgIpc) is 2.23. The minimum absolute atomic E-state index is 0.00755. The number of nitrogens with two attached hydrogens (primary N) is 1. The van der Waals surface area contributed by atoms with Crippen molar-refractivity contribution >= 4 is 17.3 Å². The summed E-state index contributed by atoms with van der Waals surface area (Å²) in [5, 5.41) is 2.89. The van der Waals surface area contributed by atoms with Crippen molar-refractivity contribution in [3.05, 3.63) is 23.8 Å². The molecule has 0 aromatic heterocycles. The standard InChI is InChI=1S/C14H23N3O/c1-10(2)8-17(4)9-14(18)16-13-7-5-6-12(15)11(13)3/h5-7,10H,8-9,15H2,1-4H3,(H,16,18). The van der Waals surface area contributed by atoms with Gasteiger partial charge >= 0.3 is 0 Å². The van der Waals surface area contributed by atoms with Gasteiger partial charge in [0.15, 0.2) is 0 Å². The highest BCUT2D eigenvalue weighted by Gasteiger charge is 2.10. The minimum atomic E-state index is -0.00755. The number of rotatable bonds is 5. The number of benzene rings is 1. The van der Waals surface area contributed by atoms with E-state index in [4.69, 9.17) is 5.73 Å². The molecule has 1 amide bonds. The van der Waals surface area contributed by atoms with Gasteiger partial charge in [-0.2, -0.15) is 0 Å². The van der Waals surface area contributed by atoms with Gasteiger partial charge in [-0.05, 0) is 37.6 Å². The van der Waals surface area contributed by atoms with Crippen LogP contribution in [0.1, 0.15) is 19.4 Å². The van der Waals surface area contributed by atoms with Crippen molar-refractivity contribution in [2.24, 2.45) is 5.92 Å². The summed E-state index contributed by atoms with van der Waals surface area (Å²) in [5.41, 5.74) is 8.20. The molecule has 0 saturated heterocycles. The monoisotopic (exact) mass is 249 g/mol. The van der Waals surface area contributed by atoms with Crippen LogP contribution in [0.4, 0.5) is 11.4 Å². The second-order valence-electron chi connectivity index (χ2n) is 5.16. The van der Waals surface area contributed by atoms with E-state index in [1.807, 2.05) is 37.1 Å². The normalized spacial score (nSPS) is 11.0. The molecule has 1 rings (SSSR count). The first-order chi connectivity index (χ1) is 8.40. The van der Waals surface area contributed by atoms with E-state index in [2.05, 4.69) is 19.2 Å². The van der Waals surface area contributed by atoms with Crippen molar-refractivity contribution in [1.82, 2.24) is 4.90 Å². The van der Waals surface area contributed by atoms with Gasteiger partial charge in [0, 0.05) is 17.9 Å². The van der Waals surface area contributed by atoms with E-state index in [1.54, 1.807) is 0 Å². The zero-order valence-electron chi connectivity index (χ0n) is 11.7. The van der Waals surface area contributed by atoms with E-state index in [9.17, 15) is 4.79 Å². The maximum Gasteiger partial charge on any atom is 0.238 e. The van der Waals surface area contributed by atoms with Gasteiger partial charge < -0.3 is 11.1 Å². The molecule has 1 aromatic rings. The molecule has 4 nitrogen and oxygen atoms in total. The van der Waals surface area contributed by atoms with Gasteiger partial charge in [0.25, 0.3) is 0 Å². The van der Waals surface area contributed by atoms with Gasteiger partial charge in [-0.3, -0.25) is 9.69 Å². The van der Waals surface area contributed by atoms with Crippen molar-refractivity contribution in [2.75, 3.05) is 31.2 Å². The van der Waals surface area contributed by atoms with Gasteiger partial charge in [0.1, 0.15) is 0 Å². The van der Waals surface area contributed by atoms with Crippen LogP contribution in [-0.2, 0) is 4.79 Å². The fraction of sp³-hybridized carbons (Fsp3) is 0.500. The van der Waals surface area contributed by atoms with Crippen LogP contribution < -0.4 is 11.1 Å². The van der Waals surface area contributed by atoms with Crippen LogP contribution in [0.3, 0.4) is 0 Å². The Kier molecular flexibility index (Phi) is 5.16. The third-order valence-electron chi connectivity index (χ3n) is 2.74. The number of hydrogen-bond acceptors (Lipinski definition) is 3. The summed E-state index contributed by atoms with van der Waals surface area (Å²) in [6.07, 6.45) is 0. The molecular weight excluding hydrogens is 226 g/mol. The third kappa shape index (κ3) is 4.37. The summed E-state index contributed by atoms with van der Waals surface area (Å²) in [7, 11) is 1.95. The van der Waals surface area contributed by atoms with E-state index in [1.165, 1.54) is 0 Å². The molecule has 100 valence electrons. The fourth-order valence-corrected chi connectivity index (χ4v) is 1.91. The molecule has 4 heteroatoms. The topological polar surface area (TPSA) is 58.4 Å².